The van der Waals surface area contributed by atoms with Gasteiger partial charge in [-0.1, -0.05) is 31.5 Å². The maximum absolute atomic E-state index is 13.4. The molecule has 0 bridgehead atoms. The second-order valence-corrected chi connectivity index (χ2v) is 8.61. The molecule has 0 radical (unpaired) electrons. The minimum absolute atomic E-state index is 0.275. The van der Waals surface area contributed by atoms with Crippen LogP contribution in [-0.4, -0.2) is 49.7 Å². The summed E-state index contributed by atoms with van der Waals surface area (Å²) in [4.78, 5) is 28.1. The first-order valence-electron chi connectivity index (χ1n) is 11.9. The van der Waals surface area contributed by atoms with E-state index in [0.29, 0.717) is 62.2 Å². The molecule has 0 aliphatic carbocycles. The maximum Gasteiger partial charge on any atom is 0.278 e. The van der Waals surface area contributed by atoms with Crippen molar-refractivity contribution in [1.82, 2.24) is 4.90 Å². The molecule has 0 spiro atoms. The van der Waals surface area contributed by atoms with Crippen LogP contribution >= 0.6 is 0 Å². The van der Waals surface area contributed by atoms with Crippen molar-refractivity contribution in [3.63, 3.8) is 0 Å². The summed E-state index contributed by atoms with van der Waals surface area (Å²) < 4.78 is 16.9. The van der Waals surface area contributed by atoms with Gasteiger partial charge >= 0.3 is 0 Å². The molecular weight excluding hydrogens is 432 g/mol. The van der Waals surface area contributed by atoms with Gasteiger partial charge in [0, 0.05) is 31.5 Å². The minimum atomic E-state index is -0.332. The molecule has 1 N–H and O–H groups in total. The summed E-state index contributed by atoms with van der Waals surface area (Å²) >= 11 is 0. The van der Waals surface area contributed by atoms with Crippen molar-refractivity contribution >= 4 is 23.1 Å². The topological polar surface area (TPSA) is 77.1 Å². The number of unbranched alkanes of at least 4 members (excludes halogenated alkanes) is 1. The van der Waals surface area contributed by atoms with Crippen LogP contribution in [0.3, 0.4) is 0 Å². The molecule has 0 fully saturated rings. The van der Waals surface area contributed by atoms with Gasteiger partial charge in [0.05, 0.1) is 5.57 Å². The zero-order valence-electron chi connectivity index (χ0n) is 20.1. The van der Waals surface area contributed by atoms with Crippen LogP contribution in [0.5, 0.6) is 11.5 Å². The molecule has 34 heavy (non-hydrogen) atoms. The van der Waals surface area contributed by atoms with Crippen LogP contribution in [0.1, 0.15) is 42.9 Å². The Morgan fingerprint density at radius 3 is 2.44 bits per heavy atom. The Hall–Kier alpha value is -3.32. The molecular formula is C27H32N2O5. The smallest absolute Gasteiger partial charge is 0.278 e. The summed E-state index contributed by atoms with van der Waals surface area (Å²) in [7, 11) is 0. The lowest BCUT2D eigenvalue weighted by molar-refractivity contribution is -0.137. The largest absolute Gasteiger partial charge is 0.486 e. The average Bonchev–Trinajstić information content (AvgIpc) is 3.07. The number of fused-ring (bicyclic) bond motifs is 1. The molecule has 0 unspecified atom stereocenters. The fourth-order valence-corrected chi connectivity index (χ4v) is 4.00. The first-order chi connectivity index (χ1) is 16.5. The lowest BCUT2D eigenvalue weighted by Crippen LogP contribution is -2.34. The number of ether oxygens (including phenoxy) is 3. The van der Waals surface area contributed by atoms with Crippen molar-refractivity contribution in [3.05, 3.63) is 58.8 Å². The molecule has 4 rings (SSSR count). The lowest BCUT2D eigenvalue weighted by atomic mass is 9.99. The van der Waals surface area contributed by atoms with Crippen LogP contribution in [0.2, 0.25) is 0 Å². The number of benzene rings is 2. The molecule has 0 atom stereocenters. The highest BCUT2D eigenvalue weighted by atomic mass is 16.6. The number of hydrogen-bond acceptors (Lipinski definition) is 6. The third-order valence-electron chi connectivity index (χ3n) is 6.09. The van der Waals surface area contributed by atoms with E-state index in [9.17, 15) is 9.59 Å². The van der Waals surface area contributed by atoms with Crippen molar-refractivity contribution in [2.24, 2.45) is 0 Å². The van der Waals surface area contributed by atoms with Crippen LogP contribution in [0, 0.1) is 13.8 Å². The molecule has 2 aromatic carbocycles. The zero-order valence-corrected chi connectivity index (χ0v) is 20.1. The highest BCUT2D eigenvalue weighted by molar-refractivity contribution is 6.36. The second kappa shape index (κ2) is 10.7. The van der Waals surface area contributed by atoms with Crippen LogP contribution in [0.4, 0.5) is 5.69 Å². The Labute approximate surface area is 200 Å². The quantitative estimate of drug-likeness (QED) is 0.413. The molecule has 0 aromatic heterocycles. The van der Waals surface area contributed by atoms with E-state index < -0.39 is 0 Å². The molecule has 7 nitrogen and oxygen atoms in total. The standard InChI is InChI=1S/C27H32N2O5/c1-4-5-12-32-13-6-11-29-26(30)24(20-8-7-18(2)19(3)16-20)25(27(29)31)28-21-9-10-22-23(17-21)34-15-14-33-22/h7-10,16-17,28H,4-6,11-15H2,1-3H3. The fourth-order valence-electron chi connectivity index (χ4n) is 4.00. The zero-order chi connectivity index (χ0) is 24.1. The van der Waals surface area contributed by atoms with E-state index in [1.54, 1.807) is 12.1 Å². The molecule has 2 amide bonds. The van der Waals surface area contributed by atoms with E-state index >= 15 is 0 Å². The van der Waals surface area contributed by atoms with Gasteiger partial charge in [-0.2, -0.15) is 0 Å². The molecule has 2 heterocycles. The second-order valence-electron chi connectivity index (χ2n) is 8.61. The van der Waals surface area contributed by atoms with Crippen molar-refractivity contribution in [1.29, 1.82) is 0 Å². The SMILES string of the molecule is CCCCOCCCN1C(=O)C(Nc2ccc3c(c2)OCCO3)=C(c2ccc(C)c(C)c2)C1=O. The molecule has 2 aliphatic heterocycles. The van der Waals surface area contributed by atoms with E-state index in [4.69, 9.17) is 14.2 Å². The summed E-state index contributed by atoms with van der Waals surface area (Å²) in [6, 6.07) is 11.2. The number of rotatable bonds is 10. The molecule has 0 saturated heterocycles. The number of anilines is 1. The number of nitrogens with zero attached hydrogens (tertiary/aromatic N) is 1. The van der Waals surface area contributed by atoms with Gasteiger partial charge in [-0.05, 0) is 55.5 Å². The third-order valence-corrected chi connectivity index (χ3v) is 6.09. The van der Waals surface area contributed by atoms with Crippen molar-refractivity contribution in [2.45, 2.75) is 40.0 Å². The number of carbonyl (C=O) groups is 2. The van der Waals surface area contributed by atoms with Gasteiger partial charge in [-0.15, -0.1) is 0 Å². The van der Waals surface area contributed by atoms with E-state index in [0.717, 1.165) is 29.5 Å². The van der Waals surface area contributed by atoms with Gasteiger partial charge in [0.25, 0.3) is 11.8 Å². The molecule has 2 aliphatic rings. The monoisotopic (exact) mass is 464 g/mol. The molecule has 180 valence electrons. The Morgan fingerprint density at radius 2 is 1.68 bits per heavy atom. The Balaban J connectivity index is 1.60. The Bertz CT molecular complexity index is 1110. The lowest BCUT2D eigenvalue weighted by Gasteiger charge is -2.19. The average molecular weight is 465 g/mol. The first-order valence-corrected chi connectivity index (χ1v) is 11.9. The van der Waals surface area contributed by atoms with Gasteiger partial charge in [0.1, 0.15) is 18.9 Å². The number of carbonyl (C=O) groups excluding carboxylic acids is 2. The highest BCUT2D eigenvalue weighted by Gasteiger charge is 2.39. The van der Waals surface area contributed by atoms with Gasteiger partial charge < -0.3 is 19.5 Å². The molecule has 2 aromatic rings. The van der Waals surface area contributed by atoms with Crippen LogP contribution in [0.25, 0.3) is 5.57 Å². The van der Waals surface area contributed by atoms with E-state index in [2.05, 4.69) is 12.2 Å². The predicted molar refractivity (Wildman–Crippen MR) is 131 cm³/mol. The van der Waals surface area contributed by atoms with E-state index in [1.807, 2.05) is 38.1 Å². The summed E-state index contributed by atoms with van der Waals surface area (Å²) in [6.45, 7) is 8.63. The van der Waals surface area contributed by atoms with Crippen LogP contribution in [0.15, 0.2) is 42.1 Å². The number of nitrogens with one attached hydrogen (secondary N) is 1. The number of amides is 2. The molecule has 0 saturated carbocycles. The maximum atomic E-state index is 13.4. The van der Waals surface area contributed by atoms with E-state index in [1.165, 1.54) is 4.90 Å². The van der Waals surface area contributed by atoms with Crippen LogP contribution in [-0.2, 0) is 14.3 Å². The Morgan fingerprint density at radius 1 is 0.912 bits per heavy atom. The van der Waals surface area contributed by atoms with Gasteiger partial charge in [0.2, 0.25) is 0 Å². The van der Waals surface area contributed by atoms with Crippen molar-refractivity contribution in [3.8, 4) is 11.5 Å². The normalized spacial score (nSPS) is 15.3. The van der Waals surface area contributed by atoms with Gasteiger partial charge in [-0.25, -0.2) is 0 Å². The third kappa shape index (κ3) is 5.09. The van der Waals surface area contributed by atoms with Gasteiger partial charge in [-0.3, -0.25) is 14.5 Å². The number of hydrogen-bond donors (Lipinski definition) is 1. The summed E-state index contributed by atoms with van der Waals surface area (Å²) in [5.41, 5.74) is 4.23. The molecule has 7 heteroatoms. The number of aryl methyl sites for hydroxylation is 2. The summed E-state index contributed by atoms with van der Waals surface area (Å²) in [5.74, 6) is 0.657. The minimum Gasteiger partial charge on any atom is -0.486 e. The van der Waals surface area contributed by atoms with Crippen LogP contribution < -0.4 is 14.8 Å². The van der Waals surface area contributed by atoms with Gasteiger partial charge in [0.15, 0.2) is 11.5 Å². The fraction of sp³-hybridized carbons (Fsp3) is 0.407. The number of imide groups is 1. The summed E-state index contributed by atoms with van der Waals surface area (Å²) in [6.07, 6.45) is 2.67. The van der Waals surface area contributed by atoms with E-state index in [-0.39, 0.29) is 17.5 Å². The predicted octanol–water partition coefficient (Wildman–Crippen LogP) is 4.47. The summed E-state index contributed by atoms with van der Waals surface area (Å²) in [5, 5.41) is 3.20. The van der Waals surface area contributed by atoms with Crippen molar-refractivity contribution < 1.29 is 23.8 Å². The highest BCUT2D eigenvalue weighted by Crippen LogP contribution is 2.36. The van der Waals surface area contributed by atoms with Crippen molar-refractivity contribution in [2.75, 3.05) is 38.3 Å². The Kier molecular flexibility index (Phi) is 7.53. The first kappa shape index (κ1) is 23.8.